The van der Waals surface area contributed by atoms with Crippen molar-refractivity contribution in [1.82, 2.24) is 0 Å². The number of aryl methyl sites for hydroxylation is 1. The zero-order chi connectivity index (χ0) is 9.84. The third-order valence-electron chi connectivity index (χ3n) is 2.37. The van der Waals surface area contributed by atoms with Crippen molar-refractivity contribution in [3.05, 3.63) is 35.4 Å². The van der Waals surface area contributed by atoms with Crippen molar-refractivity contribution in [2.45, 2.75) is 39.2 Å². The summed E-state index contributed by atoms with van der Waals surface area (Å²) in [6, 6.07) is 9.00. The van der Waals surface area contributed by atoms with Gasteiger partial charge in [-0.2, -0.15) is 0 Å². The lowest BCUT2D eigenvalue weighted by atomic mass is 9.94. The highest BCUT2D eigenvalue weighted by Crippen LogP contribution is 2.20. The van der Waals surface area contributed by atoms with E-state index in [0.717, 1.165) is 6.42 Å². The van der Waals surface area contributed by atoms with Gasteiger partial charge in [-0.1, -0.05) is 36.8 Å². The highest BCUT2D eigenvalue weighted by atomic mass is 14.6. The Bertz CT molecular complexity index is 248. The first-order valence-corrected chi connectivity index (χ1v) is 4.91. The third kappa shape index (κ3) is 3.19. The van der Waals surface area contributed by atoms with Gasteiger partial charge in [0.1, 0.15) is 0 Å². The van der Waals surface area contributed by atoms with Crippen molar-refractivity contribution in [2.24, 2.45) is 5.73 Å². The number of hydrogen-bond donors (Lipinski definition) is 1. The van der Waals surface area contributed by atoms with Crippen LogP contribution in [0.3, 0.4) is 0 Å². The summed E-state index contributed by atoms with van der Waals surface area (Å²) in [5.41, 5.74) is 8.47. The Morgan fingerprint density at radius 2 is 1.69 bits per heavy atom. The fourth-order valence-corrected chi connectivity index (χ4v) is 1.59. The van der Waals surface area contributed by atoms with Crippen LogP contribution in [-0.4, -0.2) is 6.04 Å². The molecule has 0 radical (unpaired) electrons. The Kier molecular flexibility index (Phi) is 3.49. The molecule has 0 amide bonds. The second-order valence-corrected chi connectivity index (χ2v) is 4.02. The van der Waals surface area contributed by atoms with Crippen LogP contribution in [0.4, 0.5) is 0 Å². The van der Waals surface area contributed by atoms with Gasteiger partial charge in [-0.15, -0.1) is 0 Å². The summed E-state index contributed by atoms with van der Waals surface area (Å²) in [6.07, 6.45) is 1.06. The Labute approximate surface area is 81.0 Å². The van der Waals surface area contributed by atoms with Gasteiger partial charge in [0, 0.05) is 6.04 Å². The number of benzene rings is 1. The topological polar surface area (TPSA) is 26.0 Å². The second kappa shape index (κ2) is 4.43. The SMILES string of the molecule is Cc1ccc(C(C)CC(C)N)cc1. The van der Waals surface area contributed by atoms with Gasteiger partial charge in [-0.25, -0.2) is 0 Å². The van der Waals surface area contributed by atoms with Crippen molar-refractivity contribution in [2.75, 3.05) is 0 Å². The Morgan fingerprint density at radius 1 is 1.15 bits per heavy atom. The van der Waals surface area contributed by atoms with Crippen molar-refractivity contribution in [3.8, 4) is 0 Å². The lowest BCUT2D eigenvalue weighted by Crippen LogP contribution is -2.17. The average Bonchev–Trinajstić information content (AvgIpc) is 2.04. The maximum Gasteiger partial charge on any atom is 0.00162 e. The van der Waals surface area contributed by atoms with E-state index in [1.165, 1.54) is 11.1 Å². The molecule has 0 bridgehead atoms. The Morgan fingerprint density at radius 3 is 2.15 bits per heavy atom. The lowest BCUT2D eigenvalue weighted by Gasteiger charge is -2.14. The molecule has 1 aromatic carbocycles. The summed E-state index contributed by atoms with van der Waals surface area (Å²) in [6.45, 7) is 6.40. The molecule has 0 aliphatic heterocycles. The van der Waals surface area contributed by atoms with Crippen molar-refractivity contribution in [3.63, 3.8) is 0 Å². The van der Waals surface area contributed by atoms with Crippen molar-refractivity contribution >= 4 is 0 Å². The molecule has 2 N–H and O–H groups in total. The van der Waals surface area contributed by atoms with Crippen LogP contribution in [0.25, 0.3) is 0 Å². The van der Waals surface area contributed by atoms with Crippen LogP contribution in [0.2, 0.25) is 0 Å². The van der Waals surface area contributed by atoms with Crippen LogP contribution in [0, 0.1) is 6.92 Å². The van der Waals surface area contributed by atoms with Gasteiger partial charge in [-0.3, -0.25) is 0 Å². The summed E-state index contributed by atoms with van der Waals surface area (Å²) in [5.74, 6) is 0.570. The quantitative estimate of drug-likeness (QED) is 0.755. The van der Waals surface area contributed by atoms with Gasteiger partial charge < -0.3 is 5.73 Å². The molecule has 0 fully saturated rings. The van der Waals surface area contributed by atoms with E-state index in [0.29, 0.717) is 5.92 Å². The van der Waals surface area contributed by atoms with Crippen LogP contribution >= 0.6 is 0 Å². The van der Waals surface area contributed by atoms with E-state index in [2.05, 4.69) is 45.0 Å². The molecule has 0 saturated heterocycles. The predicted molar refractivity (Wildman–Crippen MR) is 57.9 cm³/mol. The normalized spacial score (nSPS) is 15.4. The van der Waals surface area contributed by atoms with Crippen molar-refractivity contribution < 1.29 is 0 Å². The van der Waals surface area contributed by atoms with E-state index in [4.69, 9.17) is 5.73 Å². The smallest absolute Gasteiger partial charge is 0.00162 e. The minimum Gasteiger partial charge on any atom is -0.328 e. The molecule has 72 valence electrons. The van der Waals surface area contributed by atoms with E-state index < -0.39 is 0 Å². The van der Waals surface area contributed by atoms with Crippen LogP contribution in [0.5, 0.6) is 0 Å². The van der Waals surface area contributed by atoms with Gasteiger partial charge >= 0.3 is 0 Å². The lowest BCUT2D eigenvalue weighted by molar-refractivity contribution is 0.586. The third-order valence-corrected chi connectivity index (χ3v) is 2.37. The zero-order valence-corrected chi connectivity index (χ0v) is 8.75. The van der Waals surface area contributed by atoms with Crippen LogP contribution in [0.15, 0.2) is 24.3 Å². The van der Waals surface area contributed by atoms with Crippen LogP contribution in [0.1, 0.15) is 37.3 Å². The van der Waals surface area contributed by atoms with Crippen LogP contribution < -0.4 is 5.73 Å². The van der Waals surface area contributed by atoms with Gasteiger partial charge in [0.15, 0.2) is 0 Å². The summed E-state index contributed by atoms with van der Waals surface area (Å²) < 4.78 is 0. The summed E-state index contributed by atoms with van der Waals surface area (Å²) >= 11 is 0. The average molecular weight is 177 g/mol. The highest BCUT2D eigenvalue weighted by molar-refractivity contribution is 5.24. The van der Waals surface area contributed by atoms with E-state index in [1.807, 2.05) is 0 Å². The molecule has 0 spiro atoms. The molecule has 0 saturated carbocycles. The molecule has 2 atom stereocenters. The highest BCUT2D eigenvalue weighted by Gasteiger charge is 2.06. The molecule has 1 aromatic rings. The molecular formula is C12H19N. The predicted octanol–water partition coefficient (Wildman–Crippen LogP) is 2.84. The standard InChI is InChI=1S/C12H19N/c1-9-4-6-12(7-5-9)10(2)8-11(3)13/h4-7,10-11H,8,13H2,1-3H3. The van der Waals surface area contributed by atoms with Crippen molar-refractivity contribution in [1.29, 1.82) is 0 Å². The first-order chi connectivity index (χ1) is 6.09. The second-order valence-electron chi connectivity index (χ2n) is 4.02. The molecule has 0 aliphatic carbocycles. The van der Waals surface area contributed by atoms with Crippen LogP contribution in [-0.2, 0) is 0 Å². The molecule has 0 aliphatic rings. The molecule has 0 heterocycles. The number of rotatable bonds is 3. The minimum absolute atomic E-state index is 0.288. The number of hydrogen-bond acceptors (Lipinski definition) is 1. The number of nitrogens with two attached hydrogens (primary N) is 1. The van der Waals surface area contributed by atoms with Gasteiger partial charge in [0.2, 0.25) is 0 Å². The maximum atomic E-state index is 5.76. The summed E-state index contributed by atoms with van der Waals surface area (Å²) in [4.78, 5) is 0. The summed E-state index contributed by atoms with van der Waals surface area (Å²) in [5, 5.41) is 0. The fourth-order valence-electron chi connectivity index (χ4n) is 1.59. The minimum atomic E-state index is 0.288. The molecule has 2 unspecified atom stereocenters. The largest absolute Gasteiger partial charge is 0.328 e. The van der Waals surface area contributed by atoms with E-state index >= 15 is 0 Å². The van der Waals surface area contributed by atoms with Gasteiger partial charge in [0.25, 0.3) is 0 Å². The van der Waals surface area contributed by atoms with Gasteiger partial charge in [0.05, 0.1) is 0 Å². The Balaban J connectivity index is 2.66. The van der Waals surface area contributed by atoms with Gasteiger partial charge in [-0.05, 0) is 31.7 Å². The molecular weight excluding hydrogens is 158 g/mol. The van der Waals surface area contributed by atoms with E-state index in [9.17, 15) is 0 Å². The maximum absolute atomic E-state index is 5.76. The molecule has 1 heteroatoms. The van der Waals surface area contributed by atoms with E-state index in [-0.39, 0.29) is 6.04 Å². The molecule has 1 nitrogen and oxygen atoms in total. The van der Waals surface area contributed by atoms with E-state index in [1.54, 1.807) is 0 Å². The first kappa shape index (κ1) is 10.3. The monoisotopic (exact) mass is 177 g/mol. The molecule has 1 rings (SSSR count). The summed E-state index contributed by atoms with van der Waals surface area (Å²) in [7, 11) is 0. The zero-order valence-electron chi connectivity index (χ0n) is 8.75. The Hall–Kier alpha value is -0.820. The molecule has 0 aromatic heterocycles. The first-order valence-electron chi connectivity index (χ1n) is 4.91. The molecule has 13 heavy (non-hydrogen) atoms. The fraction of sp³-hybridized carbons (Fsp3) is 0.500.